The highest BCUT2D eigenvalue weighted by Gasteiger charge is 2.06. The Morgan fingerprint density at radius 3 is 2.50 bits per heavy atom. The molecule has 0 heterocycles. The maximum Gasteiger partial charge on any atom is 0.338 e. The normalized spacial score (nSPS) is 10.6. The van der Waals surface area contributed by atoms with Gasteiger partial charge in [0.05, 0.1) is 5.56 Å². The topological polar surface area (TPSA) is 41.6 Å². The van der Waals surface area contributed by atoms with Crippen LogP contribution in [0.25, 0.3) is 0 Å². The van der Waals surface area contributed by atoms with Gasteiger partial charge in [-0.25, -0.2) is 4.79 Å². The largest absolute Gasteiger partial charge is 0.461 e. The molecule has 0 atom stereocenters. The smallest absolute Gasteiger partial charge is 0.338 e. The van der Waals surface area contributed by atoms with Crippen LogP contribution in [0.15, 0.2) is 24.3 Å². The van der Waals surface area contributed by atoms with E-state index in [4.69, 9.17) is 4.74 Å². The van der Waals surface area contributed by atoms with Crippen molar-refractivity contribution in [3.05, 3.63) is 29.8 Å². The number of esters is 1. The molecule has 0 spiro atoms. The summed E-state index contributed by atoms with van der Waals surface area (Å²) in [4.78, 5) is 13.8. The van der Waals surface area contributed by atoms with Gasteiger partial charge in [-0.3, -0.25) is 0 Å². The first-order valence-electron chi connectivity index (χ1n) is 7.29. The van der Waals surface area contributed by atoms with Gasteiger partial charge in [0.25, 0.3) is 0 Å². The van der Waals surface area contributed by atoms with E-state index in [9.17, 15) is 4.79 Å². The van der Waals surface area contributed by atoms with Gasteiger partial charge < -0.3 is 15.0 Å². The summed E-state index contributed by atoms with van der Waals surface area (Å²) in [5, 5.41) is 3.34. The van der Waals surface area contributed by atoms with Crippen LogP contribution in [0.2, 0.25) is 0 Å². The third kappa shape index (κ3) is 6.57. The monoisotopic (exact) mass is 278 g/mol. The first-order chi connectivity index (χ1) is 9.63. The minimum atomic E-state index is -0.260. The van der Waals surface area contributed by atoms with E-state index < -0.39 is 0 Å². The number of nitrogens with zero attached hydrogens (tertiary/aromatic N) is 1. The lowest BCUT2D eigenvalue weighted by Gasteiger charge is -2.10. The average molecular weight is 278 g/mol. The highest BCUT2D eigenvalue weighted by molar-refractivity contribution is 5.89. The van der Waals surface area contributed by atoms with Crippen molar-refractivity contribution in [2.45, 2.75) is 26.2 Å². The molecular weight excluding hydrogens is 252 g/mol. The molecule has 20 heavy (non-hydrogen) atoms. The van der Waals surface area contributed by atoms with Gasteiger partial charge in [-0.15, -0.1) is 0 Å². The summed E-state index contributed by atoms with van der Waals surface area (Å²) in [5.41, 5.74) is 1.65. The van der Waals surface area contributed by atoms with E-state index in [1.165, 1.54) is 19.3 Å². The number of hydrogen-bond donors (Lipinski definition) is 1. The second kappa shape index (κ2) is 9.37. The number of likely N-dealkylation sites (N-methyl/N-ethyl adjacent to an activating group) is 1. The van der Waals surface area contributed by atoms with Crippen LogP contribution in [0.5, 0.6) is 0 Å². The van der Waals surface area contributed by atoms with Crippen LogP contribution < -0.4 is 5.32 Å². The third-order valence-electron chi connectivity index (χ3n) is 3.00. The molecule has 0 aromatic heterocycles. The van der Waals surface area contributed by atoms with Gasteiger partial charge >= 0.3 is 5.97 Å². The number of unbranched alkanes of at least 4 members (excludes halogenated alkanes) is 2. The van der Waals surface area contributed by atoms with Crippen molar-refractivity contribution in [3.8, 4) is 0 Å². The first-order valence-corrected chi connectivity index (χ1v) is 7.29. The average Bonchev–Trinajstić information content (AvgIpc) is 2.44. The summed E-state index contributed by atoms with van der Waals surface area (Å²) in [7, 11) is 3.90. The Morgan fingerprint density at radius 2 is 1.90 bits per heavy atom. The zero-order valence-electron chi connectivity index (χ0n) is 12.8. The lowest BCUT2D eigenvalue weighted by atomic mass is 10.2. The standard InChI is InChI=1S/C16H26N2O2/c1-4-5-6-11-17-15-9-7-14(8-10-15)16(19)20-13-12-18(2)3/h7-10,17H,4-6,11-13H2,1-3H3. The highest BCUT2D eigenvalue weighted by atomic mass is 16.5. The fourth-order valence-electron chi connectivity index (χ4n) is 1.74. The minimum Gasteiger partial charge on any atom is -0.461 e. The van der Waals surface area contributed by atoms with Crippen molar-refractivity contribution < 1.29 is 9.53 Å². The summed E-state index contributed by atoms with van der Waals surface area (Å²) < 4.78 is 5.19. The molecule has 0 amide bonds. The fraction of sp³-hybridized carbons (Fsp3) is 0.562. The van der Waals surface area contributed by atoms with E-state index >= 15 is 0 Å². The molecule has 0 aliphatic carbocycles. The summed E-state index contributed by atoms with van der Waals surface area (Å²) in [6, 6.07) is 7.46. The van der Waals surface area contributed by atoms with Crippen LogP contribution >= 0.6 is 0 Å². The molecule has 0 radical (unpaired) electrons. The first kappa shape index (κ1) is 16.5. The predicted molar refractivity (Wildman–Crippen MR) is 83.3 cm³/mol. The van der Waals surface area contributed by atoms with Crippen molar-refractivity contribution in [1.29, 1.82) is 0 Å². The van der Waals surface area contributed by atoms with Gasteiger partial charge in [0.15, 0.2) is 0 Å². The minimum absolute atomic E-state index is 0.260. The second-order valence-electron chi connectivity index (χ2n) is 5.15. The van der Waals surface area contributed by atoms with Crippen LogP contribution in [0, 0.1) is 0 Å². The summed E-state index contributed by atoms with van der Waals surface area (Å²) >= 11 is 0. The van der Waals surface area contributed by atoms with Crippen LogP contribution in [-0.4, -0.2) is 44.7 Å². The van der Waals surface area contributed by atoms with Gasteiger partial charge in [0.1, 0.15) is 6.61 Å². The number of rotatable bonds is 9. The summed E-state index contributed by atoms with van der Waals surface area (Å²) in [6.45, 7) is 4.32. The van der Waals surface area contributed by atoms with Crippen LogP contribution in [0.1, 0.15) is 36.5 Å². The summed E-state index contributed by atoms with van der Waals surface area (Å²) in [6.07, 6.45) is 3.63. The van der Waals surface area contributed by atoms with Crippen molar-refractivity contribution in [2.24, 2.45) is 0 Å². The Balaban J connectivity index is 2.35. The fourth-order valence-corrected chi connectivity index (χ4v) is 1.74. The van der Waals surface area contributed by atoms with E-state index in [1.54, 1.807) is 12.1 Å². The molecule has 0 fully saturated rings. The molecule has 4 nitrogen and oxygen atoms in total. The zero-order chi connectivity index (χ0) is 14.8. The van der Waals surface area contributed by atoms with E-state index in [1.807, 2.05) is 31.1 Å². The lowest BCUT2D eigenvalue weighted by Crippen LogP contribution is -2.20. The highest BCUT2D eigenvalue weighted by Crippen LogP contribution is 2.11. The lowest BCUT2D eigenvalue weighted by molar-refractivity contribution is 0.0482. The molecule has 4 heteroatoms. The van der Waals surface area contributed by atoms with Crippen molar-refractivity contribution >= 4 is 11.7 Å². The zero-order valence-corrected chi connectivity index (χ0v) is 12.8. The van der Waals surface area contributed by atoms with Crippen molar-refractivity contribution in [1.82, 2.24) is 4.90 Å². The van der Waals surface area contributed by atoms with E-state index in [0.29, 0.717) is 12.2 Å². The maximum atomic E-state index is 11.8. The Hall–Kier alpha value is -1.55. The quantitative estimate of drug-likeness (QED) is 0.557. The van der Waals surface area contributed by atoms with Gasteiger partial charge in [-0.05, 0) is 44.8 Å². The molecule has 1 rings (SSSR count). The summed E-state index contributed by atoms with van der Waals surface area (Å²) in [5.74, 6) is -0.260. The molecule has 0 saturated carbocycles. The Morgan fingerprint density at radius 1 is 1.20 bits per heavy atom. The number of benzene rings is 1. The molecule has 0 bridgehead atoms. The molecule has 0 unspecified atom stereocenters. The predicted octanol–water partition coefficient (Wildman–Crippen LogP) is 3.01. The number of ether oxygens (including phenoxy) is 1. The van der Waals surface area contributed by atoms with Gasteiger partial charge in [-0.2, -0.15) is 0 Å². The van der Waals surface area contributed by atoms with Crippen LogP contribution in [0.3, 0.4) is 0 Å². The number of anilines is 1. The van der Waals surface area contributed by atoms with Gasteiger partial charge in [0.2, 0.25) is 0 Å². The van der Waals surface area contributed by atoms with Gasteiger partial charge in [-0.1, -0.05) is 19.8 Å². The second-order valence-corrected chi connectivity index (χ2v) is 5.15. The van der Waals surface area contributed by atoms with E-state index in [2.05, 4.69) is 12.2 Å². The molecule has 0 saturated heterocycles. The number of nitrogens with one attached hydrogen (secondary N) is 1. The van der Waals surface area contributed by atoms with Crippen molar-refractivity contribution in [2.75, 3.05) is 39.1 Å². The molecule has 112 valence electrons. The van der Waals surface area contributed by atoms with E-state index in [0.717, 1.165) is 18.8 Å². The molecule has 0 aliphatic heterocycles. The Kier molecular flexibility index (Phi) is 7.73. The molecule has 1 N–H and O–H groups in total. The van der Waals surface area contributed by atoms with Crippen molar-refractivity contribution in [3.63, 3.8) is 0 Å². The number of carbonyl (C=O) groups excluding carboxylic acids is 1. The third-order valence-corrected chi connectivity index (χ3v) is 3.00. The Labute approximate surface area is 122 Å². The van der Waals surface area contributed by atoms with Crippen LogP contribution in [-0.2, 0) is 4.74 Å². The Bertz CT molecular complexity index is 388. The molecule has 1 aromatic carbocycles. The number of hydrogen-bond acceptors (Lipinski definition) is 4. The van der Waals surface area contributed by atoms with E-state index in [-0.39, 0.29) is 5.97 Å². The van der Waals surface area contributed by atoms with Crippen LogP contribution in [0.4, 0.5) is 5.69 Å². The SMILES string of the molecule is CCCCCNc1ccc(C(=O)OCCN(C)C)cc1. The molecule has 0 aliphatic rings. The molecule has 1 aromatic rings. The molecular formula is C16H26N2O2. The maximum absolute atomic E-state index is 11.8. The number of carbonyl (C=O) groups is 1. The van der Waals surface area contributed by atoms with Gasteiger partial charge in [0, 0.05) is 18.8 Å².